The van der Waals surface area contributed by atoms with Gasteiger partial charge >= 0.3 is 6.80 Å². The smallest absolute Gasteiger partial charge is 0.301 e. The van der Waals surface area contributed by atoms with Crippen LogP contribution in [0.5, 0.6) is 0 Å². The number of rotatable bonds is 16. The first-order valence-corrected chi connectivity index (χ1v) is 12.7. The second kappa shape index (κ2) is 14.2. The minimum Gasteiger partial charge on any atom is -0.301 e. The van der Waals surface area contributed by atoms with Gasteiger partial charge < -0.3 is 4.52 Å². The zero-order valence-corrected chi connectivity index (χ0v) is 17.7. The van der Waals surface area contributed by atoms with Crippen LogP contribution in [0.25, 0.3) is 0 Å². The van der Waals surface area contributed by atoms with Crippen LogP contribution in [0, 0.1) is 11.3 Å². The SMILES string of the molecule is CCCCCCCCCC(C#N)(CC)OP(=O)(OCC)SCCC. The summed E-state index contributed by atoms with van der Waals surface area (Å²) in [7, 11) is 0. The van der Waals surface area contributed by atoms with Crippen molar-refractivity contribution in [2.75, 3.05) is 12.4 Å². The first kappa shape index (κ1) is 24.0. The fourth-order valence-electron chi connectivity index (χ4n) is 2.48. The van der Waals surface area contributed by atoms with Gasteiger partial charge in [0.1, 0.15) is 0 Å². The van der Waals surface area contributed by atoms with Gasteiger partial charge in [0.25, 0.3) is 0 Å². The highest BCUT2D eigenvalue weighted by molar-refractivity contribution is 8.55. The van der Waals surface area contributed by atoms with Crippen LogP contribution < -0.4 is 0 Å². The van der Waals surface area contributed by atoms with Crippen molar-refractivity contribution in [1.82, 2.24) is 0 Å². The predicted octanol–water partition coefficient (Wildman–Crippen LogP) is 7.10. The highest BCUT2D eigenvalue weighted by atomic mass is 32.7. The molecule has 0 aromatic rings. The molecule has 142 valence electrons. The summed E-state index contributed by atoms with van der Waals surface area (Å²) in [5.74, 6) is 0.708. The first-order chi connectivity index (χ1) is 11.5. The van der Waals surface area contributed by atoms with E-state index in [2.05, 4.69) is 13.0 Å². The lowest BCUT2D eigenvalue weighted by Crippen LogP contribution is -2.28. The van der Waals surface area contributed by atoms with Gasteiger partial charge in [-0.25, -0.2) is 4.57 Å². The summed E-state index contributed by atoms with van der Waals surface area (Å²) in [6.45, 7) is 5.03. The average Bonchev–Trinajstić information content (AvgIpc) is 2.58. The van der Waals surface area contributed by atoms with Crippen LogP contribution >= 0.6 is 18.2 Å². The molecule has 0 aliphatic carbocycles. The third-order valence-corrected chi connectivity index (χ3v) is 8.08. The maximum atomic E-state index is 12.9. The van der Waals surface area contributed by atoms with E-state index >= 15 is 0 Å². The Morgan fingerprint density at radius 3 is 2.12 bits per heavy atom. The van der Waals surface area contributed by atoms with Gasteiger partial charge in [0.2, 0.25) is 0 Å². The van der Waals surface area contributed by atoms with E-state index < -0.39 is 12.4 Å². The Labute approximate surface area is 153 Å². The third-order valence-electron chi connectivity index (χ3n) is 3.99. The molecule has 0 fully saturated rings. The fraction of sp³-hybridized carbons (Fsp3) is 0.944. The van der Waals surface area contributed by atoms with Gasteiger partial charge in [-0.2, -0.15) is 5.26 Å². The summed E-state index contributed by atoms with van der Waals surface area (Å²) in [5.41, 5.74) is -0.991. The molecule has 0 saturated carbocycles. The minimum absolute atomic E-state index is 0.330. The van der Waals surface area contributed by atoms with Crippen molar-refractivity contribution in [2.24, 2.45) is 0 Å². The van der Waals surface area contributed by atoms with Gasteiger partial charge in [0.05, 0.1) is 12.7 Å². The predicted molar refractivity (Wildman–Crippen MR) is 104 cm³/mol. The van der Waals surface area contributed by atoms with Gasteiger partial charge in [0, 0.05) is 5.75 Å². The van der Waals surface area contributed by atoms with E-state index in [1.165, 1.54) is 43.5 Å². The van der Waals surface area contributed by atoms with Gasteiger partial charge in [0.15, 0.2) is 5.60 Å². The van der Waals surface area contributed by atoms with E-state index in [0.29, 0.717) is 25.2 Å². The summed E-state index contributed by atoms with van der Waals surface area (Å²) in [6.07, 6.45) is 10.4. The molecule has 0 aliphatic heterocycles. The lowest BCUT2D eigenvalue weighted by Gasteiger charge is -2.29. The molecule has 4 nitrogen and oxygen atoms in total. The number of nitrogens with zero attached hydrogens (tertiary/aromatic N) is 1. The lowest BCUT2D eigenvalue weighted by atomic mass is 9.94. The number of unbranched alkanes of at least 4 members (excludes halogenated alkanes) is 6. The Morgan fingerprint density at radius 1 is 1.00 bits per heavy atom. The molecule has 0 rings (SSSR count). The molecule has 0 radical (unpaired) electrons. The van der Waals surface area contributed by atoms with E-state index in [0.717, 1.165) is 19.3 Å². The van der Waals surface area contributed by atoms with Crippen molar-refractivity contribution >= 4 is 18.2 Å². The second-order valence-electron chi connectivity index (χ2n) is 6.12. The van der Waals surface area contributed by atoms with E-state index in [-0.39, 0.29) is 0 Å². The molecule has 24 heavy (non-hydrogen) atoms. The van der Waals surface area contributed by atoms with Crippen LogP contribution in [0.1, 0.15) is 91.9 Å². The van der Waals surface area contributed by atoms with Crippen LogP contribution in [-0.2, 0) is 13.6 Å². The average molecular weight is 378 g/mol. The summed E-state index contributed by atoms with van der Waals surface area (Å²) in [5, 5.41) is 9.65. The molecule has 0 aromatic carbocycles. The van der Waals surface area contributed by atoms with Crippen molar-refractivity contribution in [2.45, 2.75) is 97.5 Å². The Bertz CT molecular complexity index is 400. The summed E-state index contributed by atoms with van der Waals surface area (Å²) >= 11 is 1.22. The highest BCUT2D eigenvalue weighted by Crippen LogP contribution is 2.63. The van der Waals surface area contributed by atoms with Crippen LogP contribution in [0.2, 0.25) is 0 Å². The topological polar surface area (TPSA) is 59.3 Å². The van der Waals surface area contributed by atoms with E-state index in [9.17, 15) is 9.83 Å². The maximum absolute atomic E-state index is 12.9. The van der Waals surface area contributed by atoms with Gasteiger partial charge in [-0.3, -0.25) is 4.52 Å². The normalized spacial score (nSPS) is 16.3. The van der Waals surface area contributed by atoms with Crippen LogP contribution in [0.4, 0.5) is 0 Å². The van der Waals surface area contributed by atoms with E-state index in [4.69, 9.17) is 9.05 Å². The number of hydrogen-bond acceptors (Lipinski definition) is 5. The zero-order valence-electron chi connectivity index (χ0n) is 16.0. The molecule has 0 aromatic heterocycles. The summed E-state index contributed by atoms with van der Waals surface area (Å²) in [6, 6.07) is 2.28. The maximum Gasteiger partial charge on any atom is 0.390 e. The number of hydrogen-bond donors (Lipinski definition) is 0. The molecular formula is C18H36NO3PS. The van der Waals surface area contributed by atoms with E-state index in [1.807, 2.05) is 13.8 Å². The quantitative estimate of drug-likeness (QED) is 0.212. The largest absolute Gasteiger partial charge is 0.390 e. The van der Waals surface area contributed by atoms with Crippen molar-refractivity contribution in [3.05, 3.63) is 0 Å². The minimum atomic E-state index is -3.27. The fourth-order valence-corrected chi connectivity index (χ4v) is 6.41. The summed E-state index contributed by atoms with van der Waals surface area (Å²) in [4.78, 5) is 0. The Kier molecular flexibility index (Phi) is 14.2. The molecule has 6 heteroatoms. The van der Waals surface area contributed by atoms with Gasteiger partial charge in [-0.1, -0.05) is 59.3 Å². The molecule has 2 atom stereocenters. The van der Waals surface area contributed by atoms with E-state index in [1.54, 1.807) is 6.92 Å². The Balaban J connectivity index is 4.56. The number of nitriles is 1. The molecule has 0 spiro atoms. The van der Waals surface area contributed by atoms with Gasteiger partial charge in [-0.15, -0.1) is 0 Å². The van der Waals surface area contributed by atoms with Crippen LogP contribution in [-0.4, -0.2) is 18.0 Å². The van der Waals surface area contributed by atoms with Crippen molar-refractivity contribution in [3.8, 4) is 6.07 Å². The van der Waals surface area contributed by atoms with Crippen molar-refractivity contribution < 1.29 is 13.6 Å². The molecular weight excluding hydrogens is 341 g/mol. The molecule has 0 bridgehead atoms. The van der Waals surface area contributed by atoms with Gasteiger partial charge in [-0.05, 0) is 44.0 Å². The van der Waals surface area contributed by atoms with Crippen LogP contribution in [0.15, 0.2) is 0 Å². The van der Waals surface area contributed by atoms with Crippen LogP contribution in [0.3, 0.4) is 0 Å². The molecule has 0 amide bonds. The molecule has 0 aliphatic rings. The Morgan fingerprint density at radius 2 is 1.62 bits per heavy atom. The molecule has 2 unspecified atom stereocenters. The second-order valence-corrected chi connectivity index (χ2v) is 10.2. The zero-order chi connectivity index (χ0) is 18.3. The monoisotopic (exact) mass is 377 g/mol. The van der Waals surface area contributed by atoms with Crippen molar-refractivity contribution in [3.63, 3.8) is 0 Å². The standard InChI is InChI=1S/C18H36NO3PS/c1-5-9-10-11-12-13-14-15-18(7-3,17-19)22-23(20,21-8-4)24-16-6-2/h5-16H2,1-4H3. The first-order valence-electron chi connectivity index (χ1n) is 9.52. The molecule has 0 heterocycles. The molecule has 0 N–H and O–H groups in total. The summed E-state index contributed by atoms with van der Waals surface area (Å²) < 4.78 is 24.1. The van der Waals surface area contributed by atoms with Crippen molar-refractivity contribution in [1.29, 1.82) is 5.26 Å². The Hall–Kier alpha value is -0.0100. The third kappa shape index (κ3) is 10.1. The highest BCUT2D eigenvalue weighted by Gasteiger charge is 2.39. The lowest BCUT2D eigenvalue weighted by molar-refractivity contribution is 0.0897. The molecule has 0 saturated heterocycles.